The van der Waals surface area contributed by atoms with E-state index in [1.807, 2.05) is 0 Å². The molecule has 144 valence electrons. The summed E-state index contributed by atoms with van der Waals surface area (Å²) in [6.45, 7) is 1.61. The number of hydrogen-bond donors (Lipinski definition) is 1. The zero-order chi connectivity index (χ0) is 20.0. The minimum absolute atomic E-state index is 0.0250. The molecule has 0 unspecified atom stereocenters. The molecule has 0 radical (unpaired) electrons. The van der Waals surface area contributed by atoms with Crippen LogP contribution in [0.5, 0.6) is 0 Å². The smallest absolute Gasteiger partial charge is 0.258 e. The van der Waals surface area contributed by atoms with Crippen molar-refractivity contribution in [1.82, 2.24) is 24.9 Å². The third-order valence-electron chi connectivity index (χ3n) is 5.10. The average molecular weight is 389 g/mol. The molecule has 8 heteroatoms. The molecule has 3 heterocycles. The summed E-state index contributed by atoms with van der Waals surface area (Å²) in [4.78, 5) is 29.2. The lowest BCUT2D eigenvalue weighted by Gasteiger charge is -2.30. The number of H-pyrrole nitrogens is 1. The third-order valence-corrected chi connectivity index (χ3v) is 5.10. The van der Waals surface area contributed by atoms with E-state index >= 15 is 0 Å². The Kier molecular flexibility index (Phi) is 3.97. The molecule has 1 amide bonds. The molecule has 2 aromatic carbocycles. The predicted molar refractivity (Wildman–Crippen MR) is 105 cm³/mol. The monoisotopic (exact) mass is 389 g/mol. The van der Waals surface area contributed by atoms with Crippen LogP contribution in [0.4, 0.5) is 4.39 Å². The van der Waals surface area contributed by atoms with Crippen molar-refractivity contribution in [3.63, 3.8) is 0 Å². The Morgan fingerprint density at radius 3 is 2.59 bits per heavy atom. The summed E-state index contributed by atoms with van der Waals surface area (Å²) >= 11 is 0. The van der Waals surface area contributed by atoms with Gasteiger partial charge in [-0.05, 0) is 55.0 Å². The molecule has 1 fully saturated rings. The Labute approximate surface area is 164 Å². The summed E-state index contributed by atoms with van der Waals surface area (Å²) in [7, 11) is 0. The molecule has 1 aliphatic heterocycles. The van der Waals surface area contributed by atoms with Gasteiger partial charge in [0.1, 0.15) is 11.5 Å². The van der Waals surface area contributed by atoms with Crippen LogP contribution >= 0.6 is 0 Å². The van der Waals surface area contributed by atoms with E-state index in [1.54, 1.807) is 41.4 Å². The van der Waals surface area contributed by atoms with Crippen LogP contribution in [-0.2, 0) is 0 Å². The molecular formula is C21H16FN5O2. The number of carbonyl (C=O) groups excluding carboxylic acids is 1. The van der Waals surface area contributed by atoms with E-state index in [0.717, 1.165) is 19.5 Å². The van der Waals surface area contributed by atoms with Crippen molar-refractivity contribution in [2.75, 3.05) is 13.1 Å². The Balaban J connectivity index is 1.46. The minimum atomic E-state index is -0.382. The molecule has 2 aromatic heterocycles. The molecule has 5 rings (SSSR count). The molecule has 0 atom stereocenters. The number of likely N-dealkylation sites (tertiary alicyclic amines) is 1. The molecule has 0 aliphatic carbocycles. The first-order chi connectivity index (χ1) is 14.1. The van der Waals surface area contributed by atoms with E-state index in [4.69, 9.17) is 0 Å². The average Bonchev–Trinajstić information content (AvgIpc) is 3.16. The highest BCUT2D eigenvalue weighted by Gasteiger charge is 2.21. The number of fused-ring (bicyclic) bond motifs is 1. The topological polar surface area (TPSA) is 83.9 Å². The lowest BCUT2D eigenvalue weighted by atomic mass is 10.1. The van der Waals surface area contributed by atoms with E-state index in [2.05, 4.69) is 15.3 Å². The first-order valence-corrected chi connectivity index (χ1v) is 9.23. The number of aromatic amines is 1. The van der Waals surface area contributed by atoms with Gasteiger partial charge in [-0.3, -0.25) is 9.59 Å². The summed E-state index contributed by atoms with van der Waals surface area (Å²) in [6, 6.07) is 12.8. The van der Waals surface area contributed by atoms with Gasteiger partial charge in [0.2, 0.25) is 0 Å². The highest BCUT2D eigenvalue weighted by atomic mass is 19.1. The van der Waals surface area contributed by atoms with Crippen molar-refractivity contribution in [2.45, 2.75) is 6.42 Å². The van der Waals surface area contributed by atoms with Gasteiger partial charge in [0, 0.05) is 29.6 Å². The Bertz CT molecular complexity index is 1290. The van der Waals surface area contributed by atoms with Gasteiger partial charge >= 0.3 is 0 Å². The zero-order valence-electron chi connectivity index (χ0n) is 15.3. The van der Waals surface area contributed by atoms with Crippen LogP contribution in [0, 0.1) is 5.82 Å². The van der Waals surface area contributed by atoms with Gasteiger partial charge in [-0.25, -0.2) is 9.07 Å². The highest BCUT2D eigenvalue weighted by molar-refractivity contribution is 5.94. The second-order valence-corrected chi connectivity index (χ2v) is 6.98. The summed E-state index contributed by atoms with van der Waals surface area (Å²) < 4.78 is 15.0. The van der Waals surface area contributed by atoms with Gasteiger partial charge in [0.25, 0.3) is 11.5 Å². The molecule has 0 saturated carbocycles. The number of rotatable bonds is 3. The molecule has 29 heavy (non-hydrogen) atoms. The molecule has 4 aromatic rings. The van der Waals surface area contributed by atoms with Crippen molar-refractivity contribution in [3.8, 4) is 16.9 Å². The fourth-order valence-electron chi connectivity index (χ4n) is 3.34. The standard InChI is InChI=1S/C21H16FN5O2/c22-15-4-7-18-14(10-15)11-17(20(28)23-18)19-12-27(25-24-19)16-5-2-13(3-6-16)21(29)26-8-1-9-26/h2-7,10-12H,1,8-9H2,(H,23,28). The van der Waals surface area contributed by atoms with Gasteiger partial charge in [0.05, 0.1) is 17.4 Å². The highest BCUT2D eigenvalue weighted by Crippen LogP contribution is 2.20. The van der Waals surface area contributed by atoms with Crippen LogP contribution in [0.25, 0.3) is 27.8 Å². The van der Waals surface area contributed by atoms with Crippen LogP contribution < -0.4 is 5.56 Å². The maximum Gasteiger partial charge on any atom is 0.258 e. The fourth-order valence-corrected chi connectivity index (χ4v) is 3.34. The summed E-state index contributed by atoms with van der Waals surface area (Å²) in [5, 5.41) is 8.74. The second-order valence-electron chi connectivity index (χ2n) is 6.98. The van der Waals surface area contributed by atoms with Crippen molar-refractivity contribution < 1.29 is 9.18 Å². The minimum Gasteiger partial charge on any atom is -0.339 e. The Hall–Kier alpha value is -3.81. The lowest BCUT2D eigenvalue weighted by Crippen LogP contribution is -2.41. The Morgan fingerprint density at radius 2 is 1.86 bits per heavy atom. The third kappa shape index (κ3) is 3.08. The lowest BCUT2D eigenvalue weighted by molar-refractivity contribution is 0.0652. The van der Waals surface area contributed by atoms with Gasteiger partial charge in [-0.1, -0.05) is 5.21 Å². The number of aromatic nitrogens is 4. The Morgan fingerprint density at radius 1 is 1.07 bits per heavy atom. The van der Waals surface area contributed by atoms with E-state index in [0.29, 0.717) is 33.4 Å². The van der Waals surface area contributed by atoms with Gasteiger partial charge in [-0.2, -0.15) is 0 Å². The first kappa shape index (κ1) is 17.3. The van der Waals surface area contributed by atoms with Crippen LogP contribution in [0.3, 0.4) is 0 Å². The summed E-state index contributed by atoms with van der Waals surface area (Å²) in [5.74, 6) is -0.357. The number of nitrogens with zero attached hydrogens (tertiary/aromatic N) is 4. The normalized spacial score (nSPS) is 13.5. The SMILES string of the molecule is O=C(c1ccc(-n2cc(-c3cc4cc(F)ccc4[nH]c3=O)nn2)cc1)N1CCC1. The van der Waals surface area contributed by atoms with E-state index in [9.17, 15) is 14.0 Å². The van der Waals surface area contributed by atoms with Crippen LogP contribution in [-0.4, -0.2) is 43.9 Å². The molecule has 1 aliphatic rings. The van der Waals surface area contributed by atoms with E-state index in [-0.39, 0.29) is 17.3 Å². The van der Waals surface area contributed by atoms with Gasteiger partial charge in [-0.15, -0.1) is 5.10 Å². The van der Waals surface area contributed by atoms with Crippen molar-refractivity contribution in [2.24, 2.45) is 0 Å². The number of carbonyl (C=O) groups is 1. The van der Waals surface area contributed by atoms with Crippen LogP contribution in [0.1, 0.15) is 16.8 Å². The van der Waals surface area contributed by atoms with Crippen LogP contribution in [0.2, 0.25) is 0 Å². The quantitative estimate of drug-likeness (QED) is 0.584. The zero-order valence-corrected chi connectivity index (χ0v) is 15.3. The summed E-state index contributed by atoms with van der Waals surface area (Å²) in [5.41, 5.74) is 2.24. The van der Waals surface area contributed by atoms with E-state index < -0.39 is 0 Å². The molecule has 0 bridgehead atoms. The molecule has 1 saturated heterocycles. The maximum absolute atomic E-state index is 13.5. The van der Waals surface area contributed by atoms with Gasteiger partial charge in [0.15, 0.2) is 0 Å². The molecule has 7 nitrogen and oxygen atoms in total. The summed E-state index contributed by atoms with van der Waals surface area (Å²) in [6.07, 6.45) is 2.67. The number of benzene rings is 2. The maximum atomic E-state index is 13.5. The van der Waals surface area contributed by atoms with Crippen LogP contribution in [0.15, 0.2) is 59.5 Å². The van der Waals surface area contributed by atoms with Crippen molar-refractivity contribution in [3.05, 3.63) is 76.5 Å². The van der Waals surface area contributed by atoms with Crippen molar-refractivity contribution in [1.29, 1.82) is 0 Å². The van der Waals surface area contributed by atoms with Gasteiger partial charge < -0.3 is 9.88 Å². The number of halogens is 1. The number of pyridine rings is 1. The van der Waals surface area contributed by atoms with Crippen molar-refractivity contribution >= 4 is 16.8 Å². The van der Waals surface area contributed by atoms with E-state index in [1.165, 1.54) is 22.9 Å². The second kappa shape index (κ2) is 6.66. The molecular weight excluding hydrogens is 373 g/mol. The predicted octanol–water partition coefficient (Wildman–Crippen LogP) is 2.76. The molecule has 0 spiro atoms. The molecule has 1 N–H and O–H groups in total. The number of nitrogens with one attached hydrogen (secondary N) is 1. The largest absolute Gasteiger partial charge is 0.339 e. The first-order valence-electron chi connectivity index (χ1n) is 9.23. The fraction of sp³-hybridized carbons (Fsp3) is 0.143. The number of hydrogen-bond acceptors (Lipinski definition) is 4. The number of amides is 1.